The second-order valence-corrected chi connectivity index (χ2v) is 17.0. The number of aliphatic hydroxyl groups is 1. The Kier molecular flexibility index (Phi) is 12.6. The second kappa shape index (κ2) is 15.7. The molecular weight excluding hydrogens is 636 g/mol. The zero-order valence-electron chi connectivity index (χ0n) is 33.8. The van der Waals surface area contributed by atoms with E-state index >= 15 is 4.79 Å². The summed E-state index contributed by atoms with van der Waals surface area (Å²) < 4.78 is 13.1. The molecule has 0 aliphatic carbocycles. The number of aliphatic hydroxyl groups excluding tert-OH is 1. The van der Waals surface area contributed by atoms with Crippen molar-refractivity contribution in [2.24, 2.45) is 17.3 Å². The molecular formula is C44H68N2O5. The van der Waals surface area contributed by atoms with Gasteiger partial charge in [-0.2, -0.15) is 0 Å². The molecule has 1 N–H and O–H groups in total. The molecule has 2 aromatic rings. The first kappa shape index (κ1) is 41.0. The molecule has 0 radical (unpaired) electrons. The molecule has 2 aliphatic rings. The van der Waals surface area contributed by atoms with Crippen molar-refractivity contribution in [2.45, 2.75) is 161 Å². The molecule has 4 rings (SSSR count). The Morgan fingerprint density at radius 1 is 0.706 bits per heavy atom. The molecule has 9 atom stereocenters. The lowest BCUT2D eigenvalue weighted by Gasteiger charge is -2.59. The van der Waals surface area contributed by atoms with E-state index in [1.165, 1.54) is 0 Å². The van der Waals surface area contributed by atoms with Gasteiger partial charge in [0.25, 0.3) is 0 Å². The van der Waals surface area contributed by atoms with Gasteiger partial charge in [0.1, 0.15) is 17.6 Å². The van der Waals surface area contributed by atoms with Crippen molar-refractivity contribution in [3.8, 4) is 0 Å². The highest BCUT2D eigenvalue weighted by atomic mass is 16.6. The summed E-state index contributed by atoms with van der Waals surface area (Å²) in [5, 5.41) is 12.5. The molecule has 9 unspecified atom stereocenters. The molecule has 2 saturated heterocycles. The monoisotopic (exact) mass is 705 g/mol. The van der Waals surface area contributed by atoms with Crippen LogP contribution in [0.25, 0.3) is 0 Å². The van der Waals surface area contributed by atoms with Gasteiger partial charge in [0, 0.05) is 46.8 Å². The minimum Gasteiger partial charge on any atom is -0.461 e. The summed E-state index contributed by atoms with van der Waals surface area (Å²) in [6.45, 7) is 22.0. The molecule has 2 fully saturated rings. The fourth-order valence-electron chi connectivity index (χ4n) is 9.43. The van der Waals surface area contributed by atoms with Gasteiger partial charge < -0.3 is 14.6 Å². The van der Waals surface area contributed by atoms with Gasteiger partial charge in [-0.25, -0.2) is 4.79 Å². The predicted octanol–water partition coefficient (Wildman–Crippen LogP) is 8.26. The fraction of sp³-hybridized carbons (Fsp3) is 0.682. The second-order valence-electron chi connectivity index (χ2n) is 17.0. The molecule has 284 valence electrons. The Morgan fingerprint density at radius 2 is 1.08 bits per heavy atom. The van der Waals surface area contributed by atoms with Crippen molar-refractivity contribution >= 4 is 11.9 Å². The number of ether oxygens (including phenoxy) is 2. The standard InChI is InChI=1S/C44H68N2O5/c1-13-40(7)29-35(31(5)42(9,15-3)45(40)11)50-38(48)37(47)44(27-33-23-19-17-20-24-33,28-34-25-21-18-22-26-34)39(49)51-36-30-41(8,14-2)46(12)43(10,16-4)32(36)6/h17-26,31-32,35-37,47H,13-16,27-30H2,1-12H3. The van der Waals surface area contributed by atoms with Crippen molar-refractivity contribution in [1.29, 1.82) is 0 Å². The van der Waals surface area contributed by atoms with Gasteiger partial charge in [0.15, 0.2) is 6.10 Å². The van der Waals surface area contributed by atoms with Crippen LogP contribution in [0.4, 0.5) is 0 Å². The summed E-state index contributed by atoms with van der Waals surface area (Å²) in [6.07, 6.45) is 2.53. The first-order chi connectivity index (χ1) is 23.9. The van der Waals surface area contributed by atoms with Crippen molar-refractivity contribution in [1.82, 2.24) is 9.80 Å². The zero-order chi connectivity index (χ0) is 38.0. The van der Waals surface area contributed by atoms with Crippen LogP contribution in [0.2, 0.25) is 0 Å². The first-order valence-corrected chi connectivity index (χ1v) is 19.6. The molecule has 2 aliphatic heterocycles. The highest BCUT2D eigenvalue weighted by Gasteiger charge is 2.57. The lowest BCUT2D eigenvalue weighted by atomic mass is 9.67. The topological polar surface area (TPSA) is 79.3 Å². The molecule has 0 bridgehead atoms. The Hall–Kier alpha value is -2.74. The Balaban J connectivity index is 1.81. The highest BCUT2D eigenvalue weighted by Crippen LogP contribution is 2.48. The molecule has 2 aromatic carbocycles. The Bertz CT molecular complexity index is 1430. The lowest BCUT2D eigenvalue weighted by Crippen LogP contribution is -2.67. The van der Waals surface area contributed by atoms with E-state index in [-0.39, 0.29) is 46.8 Å². The van der Waals surface area contributed by atoms with Crippen LogP contribution >= 0.6 is 0 Å². The van der Waals surface area contributed by atoms with Crippen LogP contribution in [-0.4, -0.2) is 81.4 Å². The molecule has 0 saturated carbocycles. The summed E-state index contributed by atoms with van der Waals surface area (Å²) in [5.41, 5.74) is -0.765. The first-order valence-electron chi connectivity index (χ1n) is 19.6. The maximum absolute atomic E-state index is 15.2. The van der Waals surface area contributed by atoms with Crippen molar-refractivity contribution < 1.29 is 24.2 Å². The Labute approximate surface area is 309 Å². The van der Waals surface area contributed by atoms with E-state index in [4.69, 9.17) is 9.47 Å². The zero-order valence-corrected chi connectivity index (χ0v) is 33.8. The summed E-state index contributed by atoms with van der Waals surface area (Å²) in [5.74, 6) is -1.28. The van der Waals surface area contributed by atoms with Gasteiger partial charge >= 0.3 is 11.9 Å². The van der Waals surface area contributed by atoms with E-state index in [1.54, 1.807) is 0 Å². The van der Waals surface area contributed by atoms with Gasteiger partial charge in [-0.1, -0.05) is 102 Å². The molecule has 0 aromatic heterocycles. The van der Waals surface area contributed by atoms with E-state index < -0.39 is 35.7 Å². The van der Waals surface area contributed by atoms with Gasteiger partial charge in [0.05, 0.1) is 0 Å². The number of piperidine rings is 2. The third kappa shape index (κ3) is 7.55. The molecule has 51 heavy (non-hydrogen) atoms. The number of carbonyl (C=O) groups excluding carboxylic acids is 2. The normalized spacial score (nSPS) is 34.1. The maximum atomic E-state index is 15.2. The van der Waals surface area contributed by atoms with Gasteiger partial charge in [-0.15, -0.1) is 0 Å². The number of rotatable bonds is 13. The molecule has 0 amide bonds. The van der Waals surface area contributed by atoms with Gasteiger partial charge in [0.2, 0.25) is 0 Å². The molecule has 0 spiro atoms. The quantitative estimate of drug-likeness (QED) is 0.210. The highest BCUT2D eigenvalue weighted by molar-refractivity contribution is 5.88. The Morgan fingerprint density at radius 3 is 1.43 bits per heavy atom. The SMILES string of the molecule is CCC1(C)CC(OC(=O)C(O)C(Cc2ccccc2)(Cc2ccccc2)C(=O)OC2CC(C)(CC)N(C)C(C)(CC)C2C)C(C)C(C)(CC)N1C. The van der Waals surface area contributed by atoms with Gasteiger partial charge in [-0.05, 0) is 91.4 Å². The summed E-state index contributed by atoms with van der Waals surface area (Å²) in [4.78, 5) is 34.7. The van der Waals surface area contributed by atoms with E-state index in [9.17, 15) is 9.90 Å². The largest absolute Gasteiger partial charge is 0.461 e. The van der Waals surface area contributed by atoms with Crippen LogP contribution in [0.1, 0.15) is 119 Å². The van der Waals surface area contributed by atoms with Crippen LogP contribution in [0.3, 0.4) is 0 Å². The fourth-order valence-corrected chi connectivity index (χ4v) is 9.43. The van der Waals surface area contributed by atoms with Crippen LogP contribution in [0, 0.1) is 17.3 Å². The summed E-state index contributed by atoms with van der Waals surface area (Å²) >= 11 is 0. The van der Waals surface area contributed by atoms with E-state index in [0.29, 0.717) is 12.8 Å². The van der Waals surface area contributed by atoms with Gasteiger partial charge in [-0.3, -0.25) is 14.6 Å². The average Bonchev–Trinajstić information content (AvgIpc) is 3.14. The minimum atomic E-state index is -1.75. The number of carbonyl (C=O) groups is 2. The smallest absolute Gasteiger partial charge is 0.336 e. The van der Waals surface area contributed by atoms with Crippen LogP contribution in [-0.2, 0) is 31.9 Å². The third-order valence-electron chi connectivity index (χ3n) is 14.9. The number of hydrogen-bond donors (Lipinski definition) is 1. The summed E-state index contributed by atoms with van der Waals surface area (Å²) in [7, 11) is 4.36. The number of hydrogen-bond acceptors (Lipinski definition) is 7. The molecule has 2 heterocycles. The van der Waals surface area contributed by atoms with E-state index in [1.807, 2.05) is 60.7 Å². The molecule has 7 heteroatoms. The maximum Gasteiger partial charge on any atom is 0.336 e. The minimum absolute atomic E-state index is 0.00592. The summed E-state index contributed by atoms with van der Waals surface area (Å²) in [6, 6.07) is 19.4. The number of likely N-dealkylation sites (tertiary alicyclic amines) is 2. The van der Waals surface area contributed by atoms with Crippen molar-refractivity contribution in [3.05, 3.63) is 71.8 Å². The van der Waals surface area contributed by atoms with Crippen LogP contribution in [0.5, 0.6) is 0 Å². The van der Waals surface area contributed by atoms with E-state index in [2.05, 4.69) is 93.1 Å². The van der Waals surface area contributed by atoms with Crippen LogP contribution in [0.15, 0.2) is 60.7 Å². The predicted molar refractivity (Wildman–Crippen MR) is 206 cm³/mol. The number of nitrogens with zero attached hydrogens (tertiary/aromatic N) is 2. The number of esters is 2. The number of benzene rings is 2. The van der Waals surface area contributed by atoms with Crippen molar-refractivity contribution in [3.63, 3.8) is 0 Å². The average molecular weight is 705 g/mol. The lowest BCUT2D eigenvalue weighted by molar-refractivity contribution is -0.201. The van der Waals surface area contributed by atoms with Crippen molar-refractivity contribution in [2.75, 3.05) is 14.1 Å². The molecule has 7 nitrogen and oxygen atoms in total. The van der Waals surface area contributed by atoms with E-state index in [0.717, 1.165) is 36.8 Å². The third-order valence-corrected chi connectivity index (χ3v) is 14.9. The van der Waals surface area contributed by atoms with Crippen LogP contribution < -0.4 is 0 Å².